The van der Waals surface area contributed by atoms with Crippen molar-refractivity contribution < 1.29 is 4.79 Å². The van der Waals surface area contributed by atoms with Crippen molar-refractivity contribution in [2.24, 2.45) is 0 Å². The molecule has 0 aliphatic heterocycles. The average molecular weight is 233 g/mol. The van der Waals surface area contributed by atoms with Crippen LogP contribution in [0.15, 0.2) is 24.8 Å². The number of rotatable bonds is 5. The Kier molecular flexibility index (Phi) is 3.54. The SMILES string of the molecule is C=CCNc1ccc(NC(=O)NC2CC2)nn1. The third-order valence-corrected chi connectivity index (χ3v) is 2.25. The number of aromatic nitrogens is 2. The van der Waals surface area contributed by atoms with Crippen LogP contribution in [0.1, 0.15) is 12.8 Å². The highest BCUT2D eigenvalue weighted by molar-refractivity contribution is 5.88. The van der Waals surface area contributed by atoms with E-state index in [2.05, 4.69) is 32.7 Å². The summed E-state index contributed by atoms with van der Waals surface area (Å²) in [6.07, 6.45) is 3.85. The zero-order valence-corrected chi connectivity index (χ0v) is 9.44. The third-order valence-electron chi connectivity index (χ3n) is 2.25. The molecule has 2 rings (SSSR count). The van der Waals surface area contributed by atoms with Crippen molar-refractivity contribution in [3.8, 4) is 0 Å². The molecule has 0 unspecified atom stereocenters. The lowest BCUT2D eigenvalue weighted by Crippen LogP contribution is -2.30. The summed E-state index contributed by atoms with van der Waals surface area (Å²) in [5.41, 5.74) is 0. The molecule has 0 atom stereocenters. The molecule has 1 heterocycles. The van der Waals surface area contributed by atoms with Crippen LogP contribution in [0.3, 0.4) is 0 Å². The van der Waals surface area contributed by atoms with Crippen molar-refractivity contribution in [3.05, 3.63) is 24.8 Å². The summed E-state index contributed by atoms with van der Waals surface area (Å²) in [5, 5.41) is 16.2. The largest absolute Gasteiger partial charge is 0.365 e. The fraction of sp³-hybridized carbons (Fsp3) is 0.364. The molecule has 1 aliphatic rings. The van der Waals surface area contributed by atoms with Gasteiger partial charge in [-0.2, -0.15) is 0 Å². The van der Waals surface area contributed by atoms with Crippen LogP contribution < -0.4 is 16.0 Å². The minimum absolute atomic E-state index is 0.228. The van der Waals surface area contributed by atoms with E-state index >= 15 is 0 Å². The van der Waals surface area contributed by atoms with Crippen LogP contribution in [0.4, 0.5) is 16.4 Å². The van der Waals surface area contributed by atoms with Crippen LogP contribution in [0, 0.1) is 0 Å². The van der Waals surface area contributed by atoms with Crippen molar-refractivity contribution in [2.75, 3.05) is 17.2 Å². The van der Waals surface area contributed by atoms with Gasteiger partial charge in [0.15, 0.2) is 5.82 Å². The van der Waals surface area contributed by atoms with Gasteiger partial charge in [-0.3, -0.25) is 5.32 Å². The number of hydrogen-bond donors (Lipinski definition) is 3. The second-order valence-electron chi connectivity index (χ2n) is 3.85. The summed E-state index contributed by atoms with van der Waals surface area (Å²) < 4.78 is 0. The van der Waals surface area contributed by atoms with Crippen molar-refractivity contribution in [2.45, 2.75) is 18.9 Å². The molecule has 2 amide bonds. The van der Waals surface area contributed by atoms with E-state index in [4.69, 9.17) is 0 Å². The van der Waals surface area contributed by atoms with Gasteiger partial charge in [0, 0.05) is 12.6 Å². The number of anilines is 2. The Labute approximate surface area is 99.5 Å². The fourth-order valence-electron chi connectivity index (χ4n) is 1.24. The molecule has 0 spiro atoms. The number of nitrogens with one attached hydrogen (secondary N) is 3. The van der Waals surface area contributed by atoms with E-state index in [0.29, 0.717) is 24.2 Å². The lowest BCUT2D eigenvalue weighted by Gasteiger charge is -2.06. The zero-order valence-electron chi connectivity index (χ0n) is 9.44. The highest BCUT2D eigenvalue weighted by atomic mass is 16.2. The van der Waals surface area contributed by atoms with Crippen LogP contribution in [0.2, 0.25) is 0 Å². The molecule has 1 aromatic heterocycles. The topological polar surface area (TPSA) is 78.9 Å². The first-order chi connectivity index (χ1) is 8.28. The lowest BCUT2D eigenvalue weighted by atomic mass is 10.5. The van der Waals surface area contributed by atoms with E-state index in [-0.39, 0.29) is 6.03 Å². The van der Waals surface area contributed by atoms with Crippen molar-refractivity contribution in [1.82, 2.24) is 15.5 Å². The molecule has 1 saturated carbocycles. The Hall–Kier alpha value is -2.11. The van der Waals surface area contributed by atoms with Crippen LogP contribution >= 0.6 is 0 Å². The van der Waals surface area contributed by atoms with Crippen LogP contribution in [0.5, 0.6) is 0 Å². The molecule has 0 aromatic carbocycles. The van der Waals surface area contributed by atoms with Gasteiger partial charge < -0.3 is 10.6 Å². The summed E-state index contributed by atoms with van der Waals surface area (Å²) >= 11 is 0. The molecule has 1 aliphatic carbocycles. The molecule has 6 heteroatoms. The molecule has 1 fully saturated rings. The zero-order chi connectivity index (χ0) is 12.1. The first-order valence-electron chi connectivity index (χ1n) is 5.54. The standard InChI is InChI=1S/C11H15N5O/c1-2-7-12-9-5-6-10(16-15-9)14-11(17)13-8-3-4-8/h2,5-6,8H,1,3-4,7H2,(H,12,15)(H2,13,14,16,17). The highest BCUT2D eigenvalue weighted by Crippen LogP contribution is 2.18. The molecule has 17 heavy (non-hydrogen) atoms. The molecule has 3 N–H and O–H groups in total. The maximum Gasteiger partial charge on any atom is 0.320 e. The Bertz CT molecular complexity index is 399. The van der Waals surface area contributed by atoms with Gasteiger partial charge in [0.1, 0.15) is 5.82 Å². The third kappa shape index (κ3) is 3.75. The van der Waals surface area contributed by atoms with Gasteiger partial charge in [-0.25, -0.2) is 4.79 Å². The van der Waals surface area contributed by atoms with E-state index in [9.17, 15) is 4.79 Å². The number of hydrogen-bond acceptors (Lipinski definition) is 4. The minimum Gasteiger partial charge on any atom is -0.365 e. The number of amides is 2. The maximum absolute atomic E-state index is 11.4. The average Bonchev–Trinajstić information content (AvgIpc) is 3.12. The molecular weight excluding hydrogens is 218 g/mol. The van der Waals surface area contributed by atoms with E-state index in [1.165, 1.54) is 0 Å². The van der Waals surface area contributed by atoms with Gasteiger partial charge in [0.2, 0.25) is 0 Å². The summed E-state index contributed by atoms with van der Waals surface area (Å²) in [4.78, 5) is 11.4. The van der Waals surface area contributed by atoms with E-state index < -0.39 is 0 Å². The number of urea groups is 1. The van der Waals surface area contributed by atoms with Crippen LogP contribution in [-0.4, -0.2) is 28.8 Å². The monoisotopic (exact) mass is 233 g/mol. The molecule has 0 bridgehead atoms. The van der Waals surface area contributed by atoms with Gasteiger partial charge in [0.25, 0.3) is 0 Å². The number of carbonyl (C=O) groups is 1. The van der Waals surface area contributed by atoms with Crippen molar-refractivity contribution in [1.29, 1.82) is 0 Å². The van der Waals surface area contributed by atoms with Crippen molar-refractivity contribution >= 4 is 17.7 Å². The fourth-order valence-corrected chi connectivity index (χ4v) is 1.24. The molecule has 6 nitrogen and oxygen atoms in total. The van der Waals surface area contributed by atoms with Crippen LogP contribution in [0.25, 0.3) is 0 Å². The quantitative estimate of drug-likeness (QED) is 0.671. The Balaban J connectivity index is 1.83. The number of carbonyl (C=O) groups excluding carboxylic acids is 1. The highest BCUT2D eigenvalue weighted by Gasteiger charge is 2.23. The van der Waals surface area contributed by atoms with Crippen LogP contribution in [-0.2, 0) is 0 Å². The van der Waals surface area contributed by atoms with Gasteiger partial charge in [-0.05, 0) is 25.0 Å². The van der Waals surface area contributed by atoms with Gasteiger partial charge >= 0.3 is 6.03 Å². The Morgan fingerprint density at radius 1 is 1.41 bits per heavy atom. The summed E-state index contributed by atoms with van der Waals surface area (Å²) in [5.74, 6) is 1.09. The van der Waals surface area contributed by atoms with Gasteiger partial charge in [-0.15, -0.1) is 16.8 Å². The van der Waals surface area contributed by atoms with Gasteiger partial charge in [0.05, 0.1) is 0 Å². The van der Waals surface area contributed by atoms with Crippen molar-refractivity contribution in [3.63, 3.8) is 0 Å². The summed E-state index contributed by atoms with van der Waals surface area (Å²) in [6, 6.07) is 3.55. The summed E-state index contributed by atoms with van der Waals surface area (Å²) in [6.45, 7) is 4.22. The van der Waals surface area contributed by atoms with Gasteiger partial charge in [-0.1, -0.05) is 6.08 Å². The Morgan fingerprint density at radius 3 is 2.71 bits per heavy atom. The molecule has 0 radical (unpaired) electrons. The minimum atomic E-state index is -0.228. The predicted molar refractivity (Wildman–Crippen MR) is 65.9 cm³/mol. The molecular formula is C11H15N5O. The van der Waals surface area contributed by atoms with E-state index in [0.717, 1.165) is 12.8 Å². The first kappa shape index (κ1) is 11.4. The lowest BCUT2D eigenvalue weighted by molar-refractivity contribution is 0.251. The smallest absolute Gasteiger partial charge is 0.320 e. The summed E-state index contributed by atoms with van der Waals surface area (Å²) in [7, 11) is 0. The molecule has 90 valence electrons. The van der Waals surface area contributed by atoms with E-state index in [1.807, 2.05) is 0 Å². The Morgan fingerprint density at radius 2 is 2.12 bits per heavy atom. The maximum atomic E-state index is 11.4. The number of nitrogens with zero attached hydrogens (tertiary/aromatic N) is 2. The predicted octanol–water partition coefficient (Wildman–Crippen LogP) is 1.36. The molecule has 0 saturated heterocycles. The molecule has 1 aromatic rings. The normalized spacial score (nSPS) is 13.9. The first-order valence-corrected chi connectivity index (χ1v) is 5.54. The van der Waals surface area contributed by atoms with E-state index in [1.54, 1.807) is 18.2 Å². The second kappa shape index (κ2) is 5.29. The second-order valence-corrected chi connectivity index (χ2v) is 3.85.